The smallest absolute Gasteiger partial charge is 0.260 e. The van der Waals surface area contributed by atoms with Crippen molar-refractivity contribution >= 4 is 28.9 Å². The number of allylic oxidation sites excluding steroid dienone is 1. The number of carbonyl (C=O) groups excluding carboxylic acids is 1. The van der Waals surface area contributed by atoms with E-state index in [1.165, 1.54) is 11.3 Å². The monoisotopic (exact) mass is 489 g/mol. The summed E-state index contributed by atoms with van der Waals surface area (Å²) in [7, 11) is 0. The average molecular weight is 490 g/mol. The summed E-state index contributed by atoms with van der Waals surface area (Å²) in [5, 5.41) is 12.4. The Morgan fingerprint density at radius 1 is 1.09 bits per heavy atom. The fourth-order valence-electron chi connectivity index (χ4n) is 3.84. The summed E-state index contributed by atoms with van der Waals surface area (Å²) in [6, 6.07) is 17.7. The highest BCUT2D eigenvalue weighted by molar-refractivity contribution is 7.11. The van der Waals surface area contributed by atoms with Gasteiger partial charge in [-0.1, -0.05) is 36.4 Å². The Kier molecular flexibility index (Phi) is 9.04. The molecular formula is C28H31N3O3S. The van der Waals surface area contributed by atoms with Gasteiger partial charge in [0, 0.05) is 23.0 Å². The Morgan fingerprint density at radius 3 is 2.43 bits per heavy atom. The first-order chi connectivity index (χ1) is 16.8. The molecule has 0 atom stereocenters. The van der Waals surface area contributed by atoms with Crippen molar-refractivity contribution in [1.29, 1.82) is 5.26 Å². The minimum atomic E-state index is -0.0776. The second-order valence-electron chi connectivity index (χ2n) is 8.49. The molecule has 0 bridgehead atoms. The molecule has 0 N–H and O–H groups in total. The summed E-state index contributed by atoms with van der Waals surface area (Å²) in [5.74, 6) is 0.936. The van der Waals surface area contributed by atoms with Gasteiger partial charge < -0.3 is 14.4 Å². The van der Waals surface area contributed by atoms with Crippen LogP contribution >= 0.6 is 11.3 Å². The maximum atomic E-state index is 12.7. The topological polar surface area (TPSA) is 75.5 Å². The minimum Gasteiger partial charge on any atom is -0.490 e. The van der Waals surface area contributed by atoms with E-state index in [0.717, 1.165) is 16.8 Å². The van der Waals surface area contributed by atoms with Gasteiger partial charge in [-0.15, -0.1) is 11.3 Å². The SMILES string of the molecule is CCOc1cc(/C=C(\C#N)c2nc(-c3ccccc3)cs2)ccc1OCC(=O)N(C(C)C)C(C)C. The van der Waals surface area contributed by atoms with Crippen LogP contribution in [0.4, 0.5) is 0 Å². The summed E-state index contributed by atoms with van der Waals surface area (Å²) in [6.07, 6.45) is 1.78. The first-order valence-corrected chi connectivity index (χ1v) is 12.6. The highest BCUT2D eigenvalue weighted by Crippen LogP contribution is 2.32. The normalized spacial score (nSPS) is 11.4. The van der Waals surface area contributed by atoms with Crippen LogP contribution in [0, 0.1) is 11.3 Å². The van der Waals surface area contributed by atoms with E-state index >= 15 is 0 Å². The highest BCUT2D eigenvalue weighted by Gasteiger charge is 2.21. The first-order valence-electron chi connectivity index (χ1n) is 11.7. The molecule has 0 aliphatic heterocycles. The quantitative estimate of drug-likeness (QED) is 0.313. The number of ether oxygens (including phenoxy) is 2. The summed E-state index contributed by atoms with van der Waals surface area (Å²) in [5.41, 5.74) is 3.10. The Balaban J connectivity index is 1.81. The van der Waals surface area contributed by atoms with Gasteiger partial charge in [0.2, 0.25) is 0 Å². The van der Waals surface area contributed by atoms with Gasteiger partial charge in [0.15, 0.2) is 18.1 Å². The van der Waals surface area contributed by atoms with Gasteiger partial charge in [0.05, 0.1) is 17.9 Å². The molecule has 0 saturated carbocycles. The lowest BCUT2D eigenvalue weighted by Gasteiger charge is -2.30. The predicted octanol–water partition coefficient (Wildman–Crippen LogP) is 6.30. The molecule has 0 unspecified atom stereocenters. The van der Waals surface area contributed by atoms with Gasteiger partial charge in [-0.25, -0.2) is 4.98 Å². The maximum absolute atomic E-state index is 12.7. The average Bonchev–Trinajstić information content (AvgIpc) is 3.32. The standard InChI is InChI=1S/C28H31N3O3S/c1-6-33-26-15-21(12-13-25(26)34-17-27(32)31(19(2)3)20(4)5)14-23(16-29)28-30-24(18-35-28)22-10-8-7-9-11-22/h7-15,18-20H,6,17H2,1-5H3/b23-14+. The summed E-state index contributed by atoms with van der Waals surface area (Å²) in [6.45, 7) is 10.2. The van der Waals surface area contributed by atoms with Crippen LogP contribution in [0.5, 0.6) is 11.5 Å². The van der Waals surface area contributed by atoms with Crippen molar-refractivity contribution in [2.24, 2.45) is 0 Å². The van der Waals surface area contributed by atoms with E-state index in [0.29, 0.717) is 28.7 Å². The predicted molar refractivity (Wildman–Crippen MR) is 141 cm³/mol. The van der Waals surface area contributed by atoms with E-state index in [1.807, 2.05) is 82.5 Å². The Morgan fingerprint density at radius 2 is 1.80 bits per heavy atom. The number of carbonyl (C=O) groups is 1. The van der Waals surface area contributed by atoms with Crippen LogP contribution in [0.15, 0.2) is 53.9 Å². The lowest BCUT2D eigenvalue weighted by atomic mass is 10.1. The number of aromatic nitrogens is 1. The molecule has 0 saturated heterocycles. The molecule has 7 heteroatoms. The van der Waals surface area contributed by atoms with Gasteiger partial charge >= 0.3 is 0 Å². The third-order valence-electron chi connectivity index (χ3n) is 5.26. The summed E-state index contributed by atoms with van der Waals surface area (Å²) < 4.78 is 11.6. The van der Waals surface area contributed by atoms with Crippen LogP contribution in [0.1, 0.15) is 45.2 Å². The third-order valence-corrected chi connectivity index (χ3v) is 6.13. The number of rotatable bonds is 10. The zero-order valence-electron chi connectivity index (χ0n) is 20.8. The van der Waals surface area contributed by atoms with E-state index in [9.17, 15) is 10.1 Å². The molecule has 3 aromatic rings. The van der Waals surface area contributed by atoms with Crippen LogP contribution in [0.2, 0.25) is 0 Å². The van der Waals surface area contributed by atoms with E-state index < -0.39 is 0 Å². The highest BCUT2D eigenvalue weighted by atomic mass is 32.1. The number of benzene rings is 2. The van der Waals surface area contributed by atoms with Crippen molar-refractivity contribution in [3.8, 4) is 28.8 Å². The zero-order valence-corrected chi connectivity index (χ0v) is 21.6. The number of thiazole rings is 1. The molecule has 1 aromatic heterocycles. The molecule has 1 amide bonds. The molecular weight excluding hydrogens is 458 g/mol. The summed E-state index contributed by atoms with van der Waals surface area (Å²) >= 11 is 1.43. The third kappa shape index (κ3) is 6.71. The van der Waals surface area contributed by atoms with Crippen molar-refractivity contribution in [2.75, 3.05) is 13.2 Å². The molecule has 182 valence electrons. The van der Waals surface area contributed by atoms with Crippen molar-refractivity contribution in [3.63, 3.8) is 0 Å². The molecule has 0 spiro atoms. The maximum Gasteiger partial charge on any atom is 0.260 e. The van der Waals surface area contributed by atoms with E-state index in [1.54, 1.807) is 17.0 Å². The second kappa shape index (κ2) is 12.2. The van der Waals surface area contributed by atoms with Crippen LogP contribution in [0.25, 0.3) is 22.9 Å². The molecule has 0 radical (unpaired) electrons. The van der Waals surface area contributed by atoms with Gasteiger partial charge in [-0.2, -0.15) is 5.26 Å². The Hall–Kier alpha value is -3.63. The molecule has 2 aromatic carbocycles. The van der Waals surface area contributed by atoms with Crippen molar-refractivity contribution < 1.29 is 14.3 Å². The minimum absolute atomic E-state index is 0.0730. The largest absolute Gasteiger partial charge is 0.490 e. The van der Waals surface area contributed by atoms with Crippen molar-refractivity contribution in [2.45, 2.75) is 46.7 Å². The second-order valence-corrected chi connectivity index (χ2v) is 9.35. The molecule has 0 fully saturated rings. The lowest BCUT2D eigenvalue weighted by molar-refractivity contribution is -0.137. The zero-order chi connectivity index (χ0) is 25.4. The molecule has 0 aliphatic carbocycles. The Labute approximate surface area is 211 Å². The number of nitriles is 1. The van der Waals surface area contributed by atoms with E-state index in [-0.39, 0.29) is 24.6 Å². The first kappa shape index (κ1) is 26.0. The molecule has 0 aliphatic rings. The number of nitrogens with zero attached hydrogens (tertiary/aromatic N) is 3. The fraction of sp³-hybridized carbons (Fsp3) is 0.321. The lowest BCUT2D eigenvalue weighted by Crippen LogP contribution is -2.44. The van der Waals surface area contributed by atoms with Gasteiger partial charge in [-0.05, 0) is 58.4 Å². The van der Waals surface area contributed by atoms with E-state index in [4.69, 9.17) is 9.47 Å². The van der Waals surface area contributed by atoms with Crippen LogP contribution < -0.4 is 9.47 Å². The van der Waals surface area contributed by atoms with Crippen LogP contribution in [0.3, 0.4) is 0 Å². The van der Waals surface area contributed by atoms with Crippen LogP contribution in [-0.4, -0.2) is 41.1 Å². The van der Waals surface area contributed by atoms with Gasteiger partial charge in [0.25, 0.3) is 5.91 Å². The van der Waals surface area contributed by atoms with Gasteiger partial charge in [-0.3, -0.25) is 4.79 Å². The number of amides is 1. The fourth-order valence-corrected chi connectivity index (χ4v) is 4.63. The number of hydrogen-bond donors (Lipinski definition) is 0. The number of hydrogen-bond acceptors (Lipinski definition) is 6. The van der Waals surface area contributed by atoms with Gasteiger partial charge in [0.1, 0.15) is 11.1 Å². The Bertz CT molecular complexity index is 1200. The summed E-state index contributed by atoms with van der Waals surface area (Å²) in [4.78, 5) is 19.1. The van der Waals surface area contributed by atoms with Crippen LogP contribution in [-0.2, 0) is 4.79 Å². The van der Waals surface area contributed by atoms with E-state index in [2.05, 4.69) is 11.1 Å². The van der Waals surface area contributed by atoms with Crippen molar-refractivity contribution in [1.82, 2.24) is 9.88 Å². The molecule has 3 rings (SSSR count). The molecule has 6 nitrogen and oxygen atoms in total. The molecule has 1 heterocycles. The van der Waals surface area contributed by atoms with Crippen molar-refractivity contribution in [3.05, 3.63) is 64.5 Å². The molecule has 35 heavy (non-hydrogen) atoms.